The van der Waals surface area contributed by atoms with Crippen LogP contribution < -0.4 is 0 Å². The number of hydrogen-bond acceptors (Lipinski definition) is 6. The number of aromatic carboxylic acids is 3. The predicted molar refractivity (Wildman–Crippen MR) is 93.5 cm³/mol. The van der Waals surface area contributed by atoms with Gasteiger partial charge >= 0.3 is 17.9 Å². The highest BCUT2D eigenvalue weighted by molar-refractivity contribution is 6.07. The van der Waals surface area contributed by atoms with Gasteiger partial charge in [0.05, 0.1) is 16.7 Å². The Morgan fingerprint density at radius 2 is 0.815 bits per heavy atom. The summed E-state index contributed by atoms with van der Waals surface area (Å²) < 4.78 is 0. The van der Waals surface area contributed by atoms with Crippen molar-refractivity contribution in [3.05, 3.63) is 33.4 Å². The molecule has 0 aliphatic rings. The number of aliphatic hydroxyl groups excluding tert-OH is 3. The van der Waals surface area contributed by atoms with Gasteiger partial charge in [0.2, 0.25) is 0 Å². The first-order valence-corrected chi connectivity index (χ1v) is 8.54. The molecule has 150 valence electrons. The standard InChI is InChI=1S/C18H24O9/c19-7-1-4-10-11(5-2-8-20)14(17(24)25)15(18(26)27)12(6-3-9-21)13(10)16(22)23/h19-21H,1-9H2,(H,22,23)(H,24,25)(H,26,27). The van der Waals surface area contributed by atoms with Gasteiger partial charge in [-0.15, -0.1) is 0 Å². The largest absolute Gasteiger partial charge is 0.478 e. The molecule has 9 heteroatoms. The van der Waals surface area contributed by atoms with E-state index in [4.69, 9.17) is 15.3 Å². The number of carbonyl (C=O) groups is 3. The van der Waals surface area contributed by atoms with Gasteiger partial charge in [-0.05, 0) is 55.2 Å². The van der Waals surface area contributed by atoms with Crippen LogP contribution in [-0.4, -0.2) is 68.4 Å². The predicted octanol–water partition coefficient (Wildman–Crippen LogP) is 0.556. The Hall–Kier alpha value is -2.49. The van der Waals surface area contributed by atoms with Crippen molar-refractivity contribution in [3.63, 3.8) is 0 Å². The maximum atomic E-state index is 11.9. The zero-order chi connectivity index (χ0) is 20.6. The molecule has 1 aromatic rings. The van der Waals surface area contributed by atoms with E-state index in [1.54, 1.807) is 0 Å². The first-order chi connectivity index (χ1) is 12.8. The molecule has 0 spiro atoms. The van der Waals surface area contributed by atoms with Gasteiger partial charge in [-0.2, -0.15) is 0 Å². The van der Waals surface area contributed by atoms with E-state index in [1.807, 2.05) is 0 Å². The van der Waals surface area contributed by atoms with Gasteiger partial charge in [-0.25, -0.2) is 14.4 Å². The van der Waals surface area contributed by atoms with Crippen LogP contribution in [0, 0.1) is 0 Å². The van der Waals surface area contributed by atoms with Gasteiger partial charge in [0, 0.05) is 19.8 Å². The number of aliphatic hydroxyl groups is 3. The Morgan fingerprint density at radius 3 is 1.15 bits per heavy atom. The molecule has 0 aromatic heterocycles. The normalized spacial score (nSPS) is 10.8. The number of benzene rings is 1. The highest BCUT2D eigenvalue weighted by Crippen LogP contribution is 2.32. The third-order valence-electron chi connectivity index (χ3n) is 4.22. The van der Waals surface area contributed by atoms with Crippen LogP contribution in [0.15, 0.2) is 0 Å². The molecule has 0 bridgehead atoms. The van der Waals surface area contributed by atoms with Crippen LogP contribution >= 0.6 is 0 Å². The van der Waals surface area contributed by atoms with Crippen molar-refractivity contribution >= 4 is 17.9 Å². The molecule has 0 unspecified atom stereocenters. The summed E-state index contributed by atoms with van der Waals surface area (Å²) in [7, 11) is 0. The van der Waals surface area contributed by atoms with Gasteiger partial charge in [0.25, 0.3) is 0 Å². The first kappa shape index (κ1) is 22.6. The van der Waals surface area contributed by atoms with E-state index < -0.39 is 29.0 Å². The zero-order valence-corrected chi connectivity index (χ0v) is 14.8. The molecule has 0 atom stereocenters. The third kappa shape index (κ3) is 5.25. The molecule has 0 radical (unpaired) electrons. The summed E-state index contributed by atoms with van der Waals surface area (Å²) in [6, 6.07) is 0. The Morgan fingerprint density at radius 1 is 0.519 bits per heavy atom. The molecule has 0 fully saturated rings. The minimum atomic E-state index is -1.57. The highest BCUT2D eigenvalue weighted by atomic mass is 16.4. The van der Waals surface area contributed by atoms with Crippen molar-refractivity contribution < 1.29 is 45.0 Å². The summed E-state index contributed by atoms with van der Waals surface area (Å²) in [6.45, 7) is -0.859. The van der Waals surface area contributed by atoms with E-state index in [1.165, 1.54) is 0 Å². The lowest BCUT2D eigenvalue weighted by Gasteiger charge is -2.22. The fraction of sp³-hybridized carbons (Fsp3) is 0.500. The number of hydrogen-bond donors (Lipinski definition) is 6. The zero-order valence-electron chi connectivity index (χ0n) is 14.8. The van der Waals surface area contributed by atoms with E-state index in [-0.39, 0.29) is 80.6 Å². The number of carboxylic acid groups (broad SMARTS) is 3. The molecule has 6 N–H and O–H groups in total. The van der Waals surface area contributed by atoms with Crippen molar-refractivity contribution in [2.45, 2.75) is 38.5 Å². The van der Waals surface area contributed by atoms with Crippen molar-refractivity contribution in [1.82, 2.24) is 0 Å². The molecule has 0 heterocycles. The summed E-state index contributed by atoms with van der Waals surface area (Å²) in [5.74, 6) is -4.48. The van der Waals surface area contributed by atoms with Crippen LogP contribution in [0.25, 0.3) is 0 Å². The van der Waals surface area contributed by atoms with Crippen molar-refractivity contribution in [2.75, 3.05) is 19.8 Å². The minimum Gasteiger partial charge on any atom is -0.478 e. The molecule has 0 amide bonds. The molecule has 1 rings (SSSR count). The van der Waals surface area contributed by atoms with E-state index in [2.05, 4.69) is 0 Å². The Bertz CT molecular complexity index is 710. The molecule has 0 saturated carbocycles. The van der Waals surface area contributed by atoms with Gasteiger partial charge in [-0.3, -0.25) is 0 Å². The summed E-state index contributed by atoms with van der Waals surface area (Å²) in [5.41, 5.74) is -1.35. The van der Waals surface area contributed by atoms with Crippen LogP contribution in [0.3, 0.4) is 0 Å². The van der Waals surface area contributed by atoms with E-state index in [9.17, 15) is 29.7 Å². The van der Waals surface area contributed by atoms with Gasteiger partial charge < -0.3 is 30.6 Å². The topological polar surface area (TPSA) is 173 Å². The molecule has 1 aromatic carbocycles. The molecule has 9 nitrogen and oxygen atoms in total. The molecule has 0 aliphatic carbocycles. The lowest BCUT2D eigenvalue weighted by molar-refractivity contribution is 0.0645. The molecular weight excluding hydrogens is 360 g/mol. The fourth-order valence-corrected chi connectivity index (χ4v) is 3.21. The van der Waals surface area contributed by atoms with Gasteiger partial charge in [-0.1, -0.05) is 0 Å². The van der Waals surface area contributed by atoms with Crippen molar-refractivity contribution in [2.24, 2.45) is 0 Å². The first-order valence-electron chi connectivity index (χ1n) is 8.54. The second-order valence-corrected chi connectivity index (χ2v) is 5.96. The minimum absolute atomic E-state index is 0.0142. The maximum Gasteiger partial charge on any atom is 0.336 e. The smallest absolute Gasteiger partial charge is 0.336 e. The summed E-state index contributed by atoms with van der Waals surface area (Å²) >= 11 is 0. The summed E-state index contributed by atoms with van der Waals surface area (Å²) in [4.78, 5) is 35.6. The maximum absolute atomic E-state index is 11.9. The third-order valence-corrected chi connectivity index (χ3v) is 4.22. The molecule has 27 heavy (non-hydrogen) atoms. The Labute approximate surface area is 155 Å². The summed E-state index contributed by atoms with van der Waals surface area (Å²) in [5, 5.41) is 56.3. The second-order valence-electron chi connectivity index (χ2n) is 5.96. The van der Waals surface area contributed by atoms with Crippen molar-refractivity contribution in [1.29, 1.82) is 0 Å². The number of carboxylic acids is 3. The lowest BCUT2D eigenvalue weighted by Crippen LogP contribution is -2.23. The highest BCUT2D eigenvalue weighted by Gasteiger charge is 2.32. The van der Waals surface area contributed by atoms with E-state index in [0.717, 1.165) is 0 Å². The molecule has 0 saturated heterocycles. The molecule has 0 aliphatic heterocycles. The lowest BCUT2D eigenvalue weighted by atomic mass is 9.81. The SMILES string of the molecule is O=C(O)c1c(CCCO)c(CCCO)c(C(=O)O)c(C(=O)O)c1CCCO. The van der Waals surface area contributed by atoms with Crippen LogP contribution in [0.2, 0.25) is 0 Å². The van der Waals surface area contributed by atoms with E-state index in [0.29, 0.717) is 0 Å². The monoisotopic (exact) mass is 384 g/mol. The quantitative estimate of drug-likeness (QED) is 0.301. The summed E-state index contributed by atoms with van der Waals surface area (Å²) in [6.07, 6.45) is 0.268. The van der Waals surface area contributed by atoms with E-state index >= 15 is 0 Å². The van der Waals surface area contributed by atoms with Crippen LogP contribution in [0.1, 0.15) is 67.0 Å². The van der Waals surface area contributed by atoms with Crippen molar-refractivity contribution in [3.8, 4) is 0 Å². The Balaban J connectivity index is 3.99. The van der Waals surface area contributed by atoms with Gasteiger partial charge in [0.15, 0.2) is 0 Å². The second kappa shape index (κ2) is 10.6. The van der Waals surface area contributed by atoms with Crippen LogP contribution in [-0.2, 0) is 19.3 Å². The fourth-order valence-electron chi connectivity index (χ4n) is 3.21. The van der Waals surface area contributed by atoms with Gasteiger partial charge in [0.1, 0.15) is 0 Å². The Kier molecular flexibility index (Phi) is 8.86. The van der Waals surface area contributed by atoms with Crippen LogP contribution in [0.4, 0.5) is 0 Å². The average Bonchev–Trinajstić information content (AvgIpc) is 2.61. The molecular formula is C18H24O9. The average molecular weight is 384 g/mol. The number of rotatable bonds is 12. The van der Waals surface area contributed by atoms with Crippen LogP contribution in [0.5, 0.6) is 0 Å².